The third-order valence-electron chi connectivity index (χ3n) is 4.75. The zero-order valence-corrected chi connectivity index (χ0v) is 18.3. The van der Waals surface area contributed by atoms with E-state index < -0.39 is 10.0 Å². The van der Waals surface area contributed by atoms with Crippen LogP contribution in [0.1, 0.15) is 43.4 Å². The van der Waals surface area contributed by atoms with Gasteiger partial charge in [-0.2, -0.15) is 4.31 Å². The minimum Gasteiger partial charge on any atom is -0.370 e. The molecule has 0 radical (unpaired) electrons. The Hall–Kier alpha value is -0.390. The van der Waals surface area contributed by atoms with E-state index in [9.17, 15) is 8.42 Å². The summed E-state index contributed by atoms with van der Waals surface area (Å²) < 4.78 is 27.3. The quantitative estimate of drug-likeness (QED) is 0.359. The first kappa shape index (κ1) is 20.9. The molecule has 1 saturated heterocycles. The van der Waals surface area contributed by atoms with Crippen LogP contribution in [0.4, 0.5) is 0 Å². The molecular formula is C16H27IN4O2S2. The zero-order valence-electron chi connectivity index (χ0n) is 14.3. The number of piperidine rings is 1. The molecule has 0 bridgehead atoms. The van der Waals surface area contributed by atoms with Gasteiger partial charge in [-0.25, -0.2) is 13.4 Å². The predicted molar refractivity (Wildman–Crippen MR) is 113 cm³/mol. The van der Waals surface area contributed by atoms with Gasteiger partial charge in [0.15, 0.2) is 5.96 Å². The average molecular weight is 498 g/mol. The molecule has 6 nitrogen and oxygen atoms in total. The predicted octanol–water partition coefficient (Wildman–Crippen LogP) is 2.75. The summed E-state index contributed by atoms with van der Waals surface area (Å²) in [6.07, 6.45) is 6.86. The van der Waals surface area contributed by atoms with E-state index >= 15 is 0 Å². The molecule has 0 spiro atoms. The molecular weight excluding hydrogens is 471 g/mol. The number of hydrogen-bond donors (Lipinski definition) is 2. The first-order valence-corrected chi connectivity index (χ1v) is 10.9. The molecule has 25 heavy (non-hydrogen) atoms. The fourth-order valence-electron chi connectivity index (χ4n) is 2.98. The molecule has 2 fully saturated rings. The molecule has 0 atom stereocenters. The number of rotatable bonds is 6. The van der Waals surface area contributed by atoms with Crippen molar-refractivity contribution >= 4 is 51.3 Å². The fourth-order valence-corrected chi connectivity index (χ4v) is 5.93. The van der Waals surface area contributed by atoms with Crippen molar-refractivity contribution < 1.29 is 8.42 Å². The number of nitrogens with zero attached hydrogens (tertiary/aromatic N) is 2. The minimum atomic E-state index is -3.34. The summed E-state index contributed by atoms with van der Waals surface area (Å²) in [4.78, 5) is 5.23. The van der Waals surface area contributed by atoms with Crippen LogP contribution in [0.5, 0.6) is 0 Å². The summed E-state index contributed by atoms with van der Waals surface area (Å²) in [5.41, 5.74) is 5.88. The molecule has 3 N–H and O–H groups in total. The lowest BCUT2D eigenvalue weighted by atomic mass is 9.85. The van der Waals surface area contributed by atoms with Crippen molar-refractivity contribution in [1.29, 1.82) is 0 Å². The van der Waals surface area contributed by atoms with Crippen LogP contribution in [0.25, 0.3) is 0 Å². The average Bonchev–Trinajstić information content (AvgIpc) is 3.02. The second-order valence-corrected chi connectivity index (χ2v) is 9.90. The molecule has 9 heteroatoms. The van der Waals surface area contributed by atoms with Gasteiger partial charge < -0.3 is 11.1 Å². The monoisotopic (exact) mass is 498 g/mol. The summed E-state index contributed by atoms with van der Waals surface area (Å²) in [6.45, 7) is 2.57. The lowest BCUT2D eigenvalue weighted by Crippen LogP contribution is -2.37. The van der Waals surface area contributed by atoms with E-state index in [1.807, 2.05) is 6.07 Å². The highest BCUT2D eigenvalue weighted by atomic mass is 127. The number of sulfonamides is 1. The third kappa shape index (κ3) is 5.54. The molecule has 0 amide bonds. The maximum absolute atomic E-state index is 12.6. The lowest BCUT2D eigenvalue weighted by molar-refractivity contribution is 0.315. The van der Waals surface area contributed by atoms with Gasteiger partial charge in [0.1, 0.15) is 4.21 Å². The molecule has 3 rings (SSSR count). The Morgan fingerprint density at radius 2 is 1.96 bits per heavy atom. The molecule has 1 aliphatic heterocycles. The first-order valence-electron chi connectivity index (χ1n) is 8.68. The van der Waals surface area contributed by atoms with Crippen molar-refractivity contribution in [1.82, 2.24) is 9.62 Å². The van der Waals surface area contributed by atoms with Crippen LogP contribution < -0.4 is 11.1 Å². The van der Waals surface area contributed by atoms with Crippen LogP contribution in [0.2, 0.25) is 0 Å². The molecule has 1 aromatic heterocycles. The van der Waals surface area contributed by atoms with E-state index in [0.29, 0.717) is 29.8 Å². The Balaban J connectivity index is 0.00000225. The largest absolute Gasteiger partial charge is 0.370 e. The smallest absolute Gasteiger partial charge is 0.252 e. The Kier molecular flexibility index (Phi) is 7.96. The van der Waals surface area contributed by atoms with E-state index in [1.165, 1.54) is 30.6 Å². The zero-order chi connectivity index (χ0) is 17.0. The number of halogens is 1. The van der Waals surface area contributed by atoms with Gasteiger partial charge in [0.25, 0.3) is 10.0 Å². The normalized spacial score (nSPS) is 19.9. The topological polar surface area (TPSA) is 87.8 Å². The Morgan fingerprint density at radius 3 is 2.60 bits per heavy atom. The Morgan fingerprint density at radius 1 is 1.24 bits per heavy atom. The highest BCUT2D eigenvalue weighted by Crippen LogP contribution is 2.27. The summed E-state index contributed by atoms with van der Waals surface area (Å²) in [7, 11) is -3.34. The van der Waals surface area contributed by atoms with Gasteiger partial charge in [0.05, 0.1) is 6.54 Å². The Bertz CT molecular complexity index is 680. The van der Waals surface area contributed by atoms with Crippen LogP contribution in [0.3, 0.4) is 0 Å². The van der Waals surface area contributed by atoms with E-state index in [-0.39, 0.29) is 24.0 Å². The van der Waals surface area contributed by atoms with Gasteiger partial charge in [0.2, 0.25) is 0 Å². The highest BCUT2D eigenvalue weighted by molar-refractivity contribution is 14.0. The second kappa shape index (κ2) is 9.52. The van der Waals surface area contributed by atoms with Crippen LogP contribution in [-0.4, -0.2) is 38.3 Å². The summed E-state index contributed by atoms with van der Waals surface area (Å²) in [6, 6.07) is 3.53. The van der Waals surface area contributed by atoms with Crippen molar-refractivity contribution in [3.63, 3.8) is 0 Å². The first-order chi connectivity index (χ1) is 11.6. The number of thiophene rings is 1. The molecule has 1 aromatic rings. The third-order valence-corrected chi connectivity index (χ3v) is 8.18. The van der Waals surface area contributed by atoms with Crippen molar-refractivity contribution in [2.75, 3.05) is 19.6 Å². The second-order valence-electron chi connectivity index (χ2n) is 6.56. The number of nitrogens with one attached hydrogen (secondary N) is 1. The van der Waals surface area contributed by atoms with Crippen molar-refractivity contribution in [2.24, 2.45) is 16.6 Å². The van der Waals surface area contributed by atoms with Gasteiger partial charge in [-0.05, 0) is 43.7 Å². The van der Waals surface area contributed by atoms with Crippen LogP contribution in [0.15, 0.2) is 21.3 Å². The van der Waals surface area contributed by atoms with Crippen molar-refractivity contribution in [3.05, 3.63) is 17.0 Å². The number of hydrogen-bond acceptors (Lipinski definition) is 4. The summed E-state index contributed by atoms with van der Waals surface area (Å²) in [5, 5.41) is 3.15. The van der Waals surface area contributed by atoms with Crippen molar-refractivity contribution in [2.45, 2.75) is 49.3 Å². The van der Waals surface area contributed by atoms with Gasteiger partial charge in [-0.15, -0.1) is 35.3 Å². The lowest BCUT2D eigenvalue weighted by Gasteiger charge is -2.25. The number of nitrogens with two attached hydrogens (primary N) is 1. The Labute approximate surface area is 171 Å². The van der Waals surface area contributed by atoms with Crippen LogP contribution >= 0.6 is 35.3 Å². The van der Waals surface area contributed by atoms with Gasteiger partial charge in [-0.1, -0.05) is 12.8 Å². The van der Waals surface area contributed by atoms with Crippen LogP contribution in [0, 0.1) is 5.92 Å². The van der Waals surface area contributed by atoms with E-state index in [2.05, 4.69) is 10.3 Å². The van der Waals surface area contributed by atoms with Gasteiger partial charge >= 0.3 is 0 Å². The minimum absolute atomic E-state index is 0. The van der Waals surface area contributed by atoms with E-state index in [4.69, 9.17) is 5.73 Å². The van der Waals surface area contributed by atoms with Crippen molar-refractivity contribution in [3.8, 4) is 0 Å². The molecule has 0 unspecified atom stereocenters. The van der Waals surface area contributed by atoms with E-state index in [1.54, 1.807) is 10.4 Å². The maximum atomic E-state index is 12.6. The van der Waals surface area contributed by atoms with Gasteiger partial charge in [0, 0.05) is 24.5 Å². The van der Waals surface area contributed by atoms with Crippen LogP contribution in [-0.2, 0) is 16.6 Å². The number of guanidine groups is 1. The standard InChI is InChI=1S/C16H26N4O2S2.HI/c17-16(18-11-13-5-4-6-13)19-12-14-7-8-15(23-14)24(21,22)20-9-2-1-3-10-20;/h7-8,13H,1-6,9-12H2,(H3,17,18,19);1H. The fraction of sp³-hybridized carbons (Fsp3) is 0.688. The molecule has 2 aliphatic rings. The number of aliphatic imine (C=N–C) groups is 1. The summed E-state index contributed by atoms with van der Waals surface area (Å²) >= 11 is 1.30. The molecule has 1 aliphatic carbocycles. The van der Waals surface area contributed by atoms with Gasteiger partial charge in [-0.3, -0.25) is 0 Å². The molecule has 1 saturated carbocycles. The maximum Gasteiger partial charge on any atom is 0.252 e. The molecule has 142 valence electrons. The van der Waals surface area contributed by atoms with E-state index in [0.717, 1.165) is 36.6 Å². The molecule has 0 aromatic carbocycles. The highest BCUT2D eigenvalue weighted by Gasteiger charge is 2.27. The molecule has 2 heterocycles. The SMILES string of the molecule is I.NC(=NCc1ccc(S(=O)(=O)N2CCCCC2)s1)NCC1CCC1. The summed E-state index contributed by atoms with van der Waals surface area (Å²) in [5.74, 6) is 1.16.